The summed E-state index contributed by atoms with van der Waals surface area (Å²) in [4.78, 5) is 15.0. The highest BCUT2D eigenvalue weighted by molar-refractivity contribution is 6.31. The van der Waals surface area contributed by atoms with Gasteiger partial charge in [-0.25, -0.2) is 5.43 Å². The van der Waals surface area contributed by atoms with Crippen LogP contribution in [0.4, 0.5) is 36.7 Å². The first-order valence-corrected chi connectivity index (χ1v) is 10.6. The highest BCUT2D eigenvalue weighted by Crippen LogP contribution is 2.31. The maximum Gasteiger partial charge on any atom is 0.417 e. The molecule has 34 heavy (non-hydrogen) atoms. The van der Waals surface area contributed by atoms with Crippen molar-refractivity contribution in [2.24, 2.45) is 5.10 Å². The molecular formula is C22H24Cl2F3N7. The molecule has 0 bridgehead atoms. The van der Waals surface area contributed by atoms with Gasteiger partial charge in [0.25, 0.3) is 0 Å². The molecule has 0 aliphatic carbocycles. The van der Waals surface area contributed by atoms with Crippen molar-refractivity contribution in [3.63, 3.8) is 0 Å². The van der Waals surface area contributed by atoms with Gasteiger partial charge in [0.15, 0.2) is 0 Å². The number of hydrazone groups is 1. The second kappa shape index (κ2) is 11.8. The third kappa shape index (κ3) is 6.94. The zero-order valence-electron chi connectivity index (χ0n) is 18.7. The number of hydrogen-bond acceptors (Lipinski definition) is 7. The largest absolute Gasteiger partial charge is 0.417 e. The quantitative estimate of drug-likeness (QED) is 0.271. The molecule has 3 rings (SSSR count). The normalized spacial score (nSPS) is 11.3. The Labute approximate surface area is 206 Å². The molecule has 0 amide bonds. The smallest absolute Gasteiger partial charge is 0.341 e. The van der Waals surface area contributed by atoms with E-state index in [2.05, 4.69) is 30.8 Å². The highest BCUT2D eigenvalue weighted by Gasteiger charge is 2.32. The van der Waals surface area contributed by atoms with E-state index in [-0.39, 0.29) is 29.9 Å². The standard InChI is InChI=1S/C22H23ClF3N7.ClH/c1-4-33(5-2)21-30-19(28-16-11-10-14(3)18(23)12-16)29-20(31-21)32-27-13-15-8-6-7-9-17(15)22(24,25)26;/h6-13H,4-5H2,1-3H3,(H2,28,29,30,31,32);1H/b27-13+;. The topological polar surface area (TPSA) is 78.3 Å². The molecule has 0 spiro atoms. The van der Waals surface area contributed by atoms with Gasteiger partial charge in [-0.15, -0.1) is 12.4 Å². The summed E-state index contributed by atoms with van der Waals surface area (Å²) >= 11 is 6.20. The summed E-state index contributed by atoms with van der Waals surface area (Å²) in [5.74, 6) is 0.706. The fourth-order valence-corrected chi connectivity index (χ4v) is 3.13. The van der Waals surface area contributed by atoms with E-state index in [4.69, 9.17) is 11.6 Å². The lowest BCUT2D eigenvalue weighted by atomic mass is 10.1. The molecule has 2 N–H and O–H groups in total. The first-order valence-electron chi connectivity index (χ1n) is 10.2. The van der Waals surface area contributed by atoms with Crippen molar-refractivity contribution in [2.75, 3.05) is 28.7 Å². The van der Waals surface area contributed by atoms with E-state index in [1.54, 1.807) is 6.07 Å². The Bertz CT molecular complexity index is 1140. The molecule has 7 nitrogen and oxygen atoms in total. The minimum absolute atomic E-state index is 0. The number of aryl methyl sites for hydroxylation is 1. The summed E-state index contributed by atoms with van der Waals surface area (Å²) in [6, 6.07) is 10.6. The monoisotopic (exact) mass is 513 g/mol. The van der Waals surface area contributed by atoms with E-state index in [9.17, 15) is 13.2 Å². The first kappa shape index (κ1) is 27.1. The van der Waals surface area contributed by atoms with Crippen LogP contribution in [0.25, 0.3) is 0 Å². The van der Waals surface area contributed by atoms with Gasteiger partial charge in [0, 0.05) is 29.4 Å². The Morgan fingerprint density at radius 1 is 1.03 bits per heavy atom. The molecule has 2 aromatic carbocycles. The average Bonchev–Trinajstić information content (AvgIpc) is 2.77. The highest BCUT2D eigenvalue weighted by atomic mass is 35.5. The lowest BCUT2D eigenvalue weighted by Crippen LogP contribution is -2.25. The third-order valence-corrected chi connectivity index (χ3v) is 5.14. The molecule has 0 fully saturated rings. The van der Waals surface area contributed by atoms with Gasteiger partial charge in [-0.3, -0.25) is 0 Å². The Hall–Kier alpha value is -3.11. The van der Waals surface area contributed by atoms with Gasteiger partial charge < -0.3 is 10.2 Å². The number of anilines is 4. The molecule has 0 radical (unpaired) electrons. The van der Waals surface area contributed by atoms with E-state index in [0.717, 1.165) is 17.8 Å². The van der Waals surface area contributed by atoms with Gasteiger partial charge in [-0.1, -0.05) is 35.9 Å². The SMILES string of the molecule is CCN(CC)c1nc(N/N=C/c2ccccc2C(F)(F)F)nc(Nc2ccc(C)c(Cl)c2)n1.Cl. The second-order valence-corrected chi connectivity index (χ2v) is 7.41. The summed E-state index contributed by atoms with van der Waals surface area (Å²) in [6.45, 7) is 7.11. The molecule has 1 aromatic heterocycles. The maximum absolute atomic E-state index is 13.2. The van der Waals surface area contributed by atoms with Crippen LogP contribution >= 0.6 is 24.0 Å². The minimum atomic E-state index is -4.49. The zero-order chi connectivity index (χ0) is 24.0. The van der Waals surface area contributed by atoms with Crippen molar-refractivity contribution in [3.05, 3.63) is 64.2 Å². The van der Waals surface area contributed by atoms with E-state index in [1.807, 2.05) is 37.8 Å². The van der Waals surface area contributed by atoms with Crippen molar-refractivity contribution in [1.82, 2.24) is 15.0 Å². The van der Waals surface area contributed by atoms with Crippen LogP contribution in [0.1, 0.15) is 30.5 Å². The van der Waals surface area contributed by atoms with E-state index in [0.29, 0.717) is 29.7 Å². The molecule has 3 aromatic rings. The van der Waals surface area contributed by atoms with Crippen LogP contribution in [0.15, 0.2) is 47.6 Å². The first-order chi connectivity index (χ1) is 15.7. The number of rotatable bonds is 8. The van der Waals surface area contributed by atoms with Crippen molar-refractivity contribution in [1.29, 1.82) is 0 Å². The summed E-state index contributed by atoms with van der Waals surface area (Å²) < 4.78 is 39.6. The van der Waals surface area contributed by atoms with Crippen LogP contribution in [0.2, 0.25) is 5.02 Å². The van der Waals surface area contributed by atoms with Crippen LogP contribution in [0, 0.1) is 6.92 Å². The number of nitrogens with one attached hydrogen (secondary N) is 2. The summed E-state index contributed by atoms with van der Waals surface area (Å²) in [5, 5.41) is 7.58. The molecule has 0 saturated carbocycles. The van der Waals surface area contributed by atoms with Gasteiger partial charge in [0.2, 0.25) is 17.8 Å². The maximum atomic E-state index is 13.2. The zero-order valence-corrected chi connectivity index (χ0v) is 20.3. The minimum Gasteiger partial charge on any atom is -0.341 e. The number of aromatic nitrogens is 3. The molecule has 0 aliphatic rings. The summed E-state index contributed by atoms with van der Waals surface area (Å²) in [5.41, 5.74) is 3.35. The molecule has 0 aliphatic heterocycles. The van der Waals surface area contributed by atoms with Crippen molar-refractivity contribution in [3.8, 4) is 0 Å². The Morgan fingerprint density at radius 3 is 2.35 bits per heavy atom. The van der Waals surface area contributed by atoms with Crippen molar-refractivity contribution in [2.45, 2.75) is 26.9 Å². The van der Waals surface area contributed by atoms with Gasteiger partial charge in [-0.2, -0.15) is 33.2 Å². The fourth-order valence-electron chi connectivity index (χ4n) is 2.95. The Balaban J connectivity index is 0.00000408. The van der Waals surface area contributed by atoms with E-state index in [1.165, 1.54) is 18.2 Å². The third-order valence-electron chi connectivity index (χ3n) is 4.73. The van der Waals surface area contributed by atoms with Gasteiger partial charge >= 0.3 is 6.18 Å². The van der Waals surface area contributed by atoms with Crippen LogP contribution < -0.4 is 15.6 Å². The number of halogens is 5. The number of benzene rings is 2. The van der Waals surface area contributed by atoms with Crippen LogP contribution in [-0.4, -0.2) is 34.3 Å². The molecular weight excluding hydrogens is 490 g/mol. The molecule has 0 atom stereocenters. The van der Waals surface area contributed by atoms with Gasteiger partial charge in [0.05, 0.1) is 11.8 Å². The van der Waals surface area contributed by atoms with E-state index >= 15 is 0 Å². The van der Waals surface area contributed by atoms with Crippen LogP contribution in [0.5, 0.6) is 0 Å². The average molecular weight is 514 g/mol. The van der Waals surface area contributed by atoms with Crippen LogP contribution in [0.3, 0.4) is 0 Å². The summed E-state index contributed by atoms with van der Waals surface area (Å²) in [6.07, 6.45) is -3.41. The lowest BCUT2D eigenvalue weighted by molar-refractivity contribution is -0.137. The fraction of sp³-hybridized carbons (Fsp3) is 0.273. The molecule has 0 unspecified atom stereocenters. The number of alkyl halides is 3. The number of hydrogen-bond donors (Lipinski definition) is 2. The van der Waals surface area contributed by atoms with Crippen molar-refractivity contribution < 1.29 is 13.2 Å². The predicted octanol–water partition coefficient (Wildman–Crippen LogP) is 6.31. The molecule has 12 heteroatoms. The molecule has 1 heterocycles. The molecule has 182 valence electrons. The lowest BCUT2D eigenvalue weighted by Gasteiger charge is -2.19. The second-order valence-electron chi connectivity index (χ2n) is 7.00. The number of nitrogens with zero attached hydrogens (tertiary/aromatic N) is 5. The molecule has 0 saturated heterocycles. The van der Waals surface area contributed by atoms with Gasteiger partial charge in [-0.05, 0) is 44.5 Å². The van der Waals surface area contributed by atoms with Gasteiger partial charge in [0.1, 0.15) is 0 Å². The van der Waals surface area contributed by atoms with E-state index < -0.39 is 11.7 Å². The Morgan fingerprint density at radius 2 is 1.71 bits per heavy atom. The predicted molar refractivity (Wildman–Crippen MR) is 133 cm³/mol. The Kier molecular flexibility index (Phi) is 9.46. The van der Waals surface area contributed by atoms with Crippen LogP contribution in [-0.2, 0) is 6.18 Å². The van der Waals surface area contributed by atoms with Crippen molar-refractivity contribution >= 4 is 53.8 Å². The summed E-state index contributed by atoms with van der Waals surface area (Å²) in [7, 11) is 0.